The number of benzene rings is 4. The number of rotatable bonds is 7. The predicted molar refractivity (Wildman–Crippen MR) is 136 cm³/mol. The van der Waals surface area contributed by atoms with Crippen LogP contribution in [0.15, 0.2) is 101 Å². The largest absolute Gasteiger partial charge is 0.493 e. The monoisotopic (exact) mass is 464 g/mol. The Bertz CT molecular complexity index is 1420. The zero-order chi connectivity index (χ0) is 24.2. The number of fused-ring (bicyclic) bond motifs is 1. The van der Waals surface area contributed by atoms with Gasteiger partial charge in [-0.3, -0.25) is 4.79 Å². The number of hydrogen-bond acceptors (Lipinski definition) is 5. The van der Waals surface area contributed by atoms with Gasteiger partial charge in [-0.15, -0.1) is 0 Å². The van der Waals surface area contributed by atoms with Crippen molar-refractivity contribution in [2.24, 2.45) is 0 Å². The van der Waals surface area contributed by atoms with Crippen molar-refractivity contribution < 1.29 is 18.7 Å². The van der Waals surface area contributed by atoms with Gasteiger partial charge in [0.1, 0.15) is 5.52 Å². The molecule has 5 aromatic rings. The second kappa shape index (κ2) is 9.73. The van der Waals surface area contributed by atoms with Gasteiger partial charge in [0.2, 0.25) is 11.8 Å². The summed E-state index contributed by atoms with van der Waals surface area (Å²) in [6.07, 6.45) is 0. The van der Waals surface area contributed by atoms with Crippen LogP contribution in [0.25, 0.3) is 22.6 Å². The second-order valence-corrected chi connectivity index (χ2v) is 8.01. The number of methoxy groups -OCH3 is 2. The Morgan fingerprint density at radius 2 is 1.46 bits per heavy atom. The molecule has 0 saturated heterocycles. The minimum Gasteiger partial charge on any atom is -0.493 e. The summed E-state index contributed by atoms with van der Waals surface area (Å²) in [7, 11) is 3.17. The number of carbonyl (C=O) groups is 1. The quantitative estimate of drug-likeness (QED) is 0.307. The molecule has 0 aliphatic rings. The topological polar surface area (TPSA) is 73.6 Å². The minimum atomic E-state index is -0.437. The van der Waals surface area contributed by atoms with Crippen molar-refractivity contribution in [3.8, 4) is 23.0 Å². The van der Waals surface area contributed by atoms with Gasteiger partial charge >= 0.3 is 0 Å². The number of anilines is 1. The van der Waals surface area contributed by atoms with Gasteiger partial charge in [-0.05, 0) is 47.5 Å². The molecule has 0 unspecified atom stereocenters. The predicted octanol–water partition coefficient (Wildman–Crippen LogP) is 6.28. The van der Waals surface area contributed by atoms with Crippen molar-refractivity contribution in [2.75, 3.05) is 19.5 Å². The summed E-state index contributed by atoms with van der Waals surface area (Å²) in [5.41, 5.74) is 4.52. The van der Waals surface area contributed by atoms with E-state index in [2.05, 4.69) is 10.3 Å². The maximum Gasteiger partial charge on any atom is 0.236 e. The molecule has 35 heavy (non-hydrogen) atoms. The molecule has 0 bridgehead atoms. The molecule has 5 rings (SSSR count). The average Bonchev–Trinajstić information content (AvgIpc) is 3.33. The van der Waals surface area contributed by atoms with Crippen molar-refractivity contribution >= 4 is 22.7 Å². The average molecular weight is 465 g/mol. The molecule has 0 spiro atoms. The molecule has 4 aromatic carbocycles. The normalized spacial score (nSPS) is 10.9. The zero-order valence-electron chi connectivity index (χ0n) is 19.4. The van der Waals surface area contributed by atoms with Crippen LogP contribution in [0.3, 0.4) is 0 Å². The number of aromatic nitrogens is 1. The van der Waals surface area contributed by atoms with Crippen LogP contribution in [0.5, 0.6) is 11.5 Å². The summed E-state index contributed by atoms with van der Waals surface area (Å²) in [6, 6.07) is 30.4. The van der Waals surface area contributed by atoms with Gasteiger partial charge in [0, 0.05) is 11.3 Å². The van der Waals surface area contributed by atoms with Gasteiger partial charge in [0.25, 0.3) is 0 Å². The van der Waals surface area contributed by atoms with Gasteiger partial charge in [-0.2, -0.15) is 0 Å². The van der Waals surface area contributed by atoms with E-state index in [1.807, 2.05) is 97.1 Å². The lowest BCUT2D eigenvalue weighted by molar-refractivity contribution is -0.116. The molecule has 0 fully saturated rings. The molecular weight excluding hydrogens is 440 g/mol. The summed E-state index contributed by atoms with van der Waals surface area (Å²) < 4.78 is 16.6. The van der Waals surface area contributed by atoms with E-state index in [4.69, 9.17) is 13.9 Å². The van der Waals surface area contributed by atoms with Gasteiger partial charge in [-0.1, -0.05) is 60.7 Å². The van der Waals surface area contributed by atoms with Crippen molar-refractivity contribution in [3.63, 3.8) is 0 Å². The van der Waals surface area contributed by atoms with E-state index in [0.717, 1.165) is 16.7 Å². The van der Waals surface area contributed by atoms with Crippen LogP contribution in [0.1, 0.15) is 17.0 Å². The van der Waals surface area contributed by atoms with Crippen LogP contribution in [-0.4, -0.2) is 25.1 Å². The van der Waals surface area contributed by atoms with Crippen LogP contribution in [0, 0.1) is 0 Å². The van der Waals surface area contributed by atoms with E-state index in [1.54, 1.807) is 14.2 Å². The first-order valence-corrected chi connectivity index (χ1v) is 11.2. The first-order chi connectivity index (χ1) is 17.2. The Balaban J connectivity index is 1.44. The van der Waals surface area contributed by atoms with Gasteiger partial charge < -0.3 is 19.2 Å². The molecule has 6 nitrogen and oxygen atoms in total. The lowest BCUT2D eigenvalue weighted by Crippen LogP contribution is -2.22. The zero-order valence-corrected chi connectivity index (χ0v) is 19.4. The second-order valence-electron chi connectivity index (χ2n) is 8.01. The molecule has 0 aliphatic heterocycles. The summed E-state index contributed by atoms with van der Waals surface area (Å²) in [4.78, 5) is 18.1. The van der Waals surface area contributed by atoms with Gasteiger partial charge in [0.05, 0.1) is 20.1 Å². The standard InChI is InChI=1S/C29H24N2O4/c1-33-25-15-13-21(17-26(25)34-2)29-31-23-18-22(14-16-24(23)35-29)30-28(32)27(19-9-5-3-6-10-19)20-11-7-4-8-12-20/h3-18,27H,1-2H3,(H,30,32). The lowest BCUT2D eigenvalue weighted by Gasteiger charge is -2.18. The Hall–Kier alpha value is -4.58. The summed E-state index contributed by atoms with van der Waals surface area (Å²) in [5.74, 6) is 1.12. The van der Waals surface area contributed by atoms with Crippen LogP contribution < -0.4 is 14.8 Å². The molecule has 0 radical (unpaired) electrons. The highest BCUT2D eigenvalue weighted by atomic mass is 16.5. The molecule has 0 aliphatic carbocycles. The first kappa shape index (κ1) is 22.2. The summed E-state index contributed by atoms with van der Waals surface area (Å²) >= 11 is 0. The number of ether oxygens (including phenoxy) is 2. The van der Waals surface area contributed by atoms with Crippen LogP contribution in [-0.2, 0) is 4.79 Å². The third-order valence-corrected chi connectivity index (χ3v) is 5.81. The smallest absolute Gasteiger partial charge is 0.236 e. The van der Waals surface area contributed by atoms with Crippen molar-refractivity contribution in [1.29, 1.82) is 0 Å². The highest BCUT2D eigenvalue weighted by Gasteiger charge is 2.23. The van der Waals surface area contributed by atoms with E-state index in [0.29, 0.717) is 34.2 Å². The fraction of sp³-hybridized carbons (Fsp3) is 0.103. The number of hydrogen-bond donors (Lipinski definition) is 1. The van der Waals surface area contributed by atoms with E-state index in [-0.39, 0.29) is 5.91 Å². The Morgan fingerprint density at radius 1 is 0.800 bits per heavy atom. The highest BCUT2D eigenvalue weighted by molar-refractivity contribution is 5.99. The maximum absolute atomic E-state index is 13.4. The Morgan fingerprint density at radius 3 is 2.09 bits per heavy atom. The van der Waals surface area contributed by atoms with Crippen molar-refractivity contribution in [2.45, 2.75) is 5.92 Å². The number of nitrogens with one attached hydrogen (secondary N) is 1. The molecular formula is C29H24N2O4. The van der Waals surface area contributed by atoms with E-state index in [9.17, 15) is 4.79 Å². The third-order valence-electron chi connectivity index (χ3n) is 5.81. The molecule has 0 saturated carbocycles. The minimum absolute atomic E-state index is 0.120. The van der Waals surface area contributed by atoms with E-state index in [1.165, 1.54) is 0 Å². The fourth-order valence-corrected chi connectivity index (χ4v) is 4.10. The molecule has 1 heterocycles. The van der Waals surface area contributed by atoms with Crippen LogP contribution >= 0.6 is 0 Å². The molecule has 1 aromatic heterocycles. The van der Waals surface area contributed by atoms with Crippen molar-refractivity contribution in [3.05, 3.63) is 108 Å². The number of amides is 1. The SMILES string of the molecule is COc1ccc(-c2nc3cc(NC(=O)C(c4ccccc4)c4ccccc4)ccc3o2)cc1OC. The Kier molecular flexibility index (Phi) is 6.18. The van der Waals surface area contributed by atoms with Crippen LogP contribution in [0.4, 0.5) is 5.69 Å². The number of oxazole rings is 1. The van der Waals surface area contributed by atoms with Gasteiger partial charge in [0.15, 0.2) is 17.1 Å². The molecule has 6 heteroatoms. The number of nitrogens with zero attached hydrogens (tertiary/aromatic N) is 1. The Labute approximate surface area is 203 Å². The molecule has 1 amide bonds. The first-order valence-electron chi connectivity index (χ1n) is 11.2. The lowest BCUT2D eigenvalue weighted by atomic mass is 9.90. The van der Waals surface area contributed by atoms with E-state index >= 15 is 0 Å². The van der Waals surface area contributed by atoms with Crippen LogP contribution in [0.2, 0.25) is 0 Å². The highest BCUT2D eigenvalue weighted by Crippen LogP contribution is 2.34. The molecule has 1 N–H and O–H groups in total. The van der Waals surface area contributed by atoms with E-state index < -0.39 is 5.92 Å². The summed E-state index contributed by atoms with van der Waals surface area (Å²) in [6.45, 7) is 0. The maximum atomic E-state index is 13.4. The summed E-state index contributed by atoms with van der Waals surface area (Å²) in [5, 5.41) is 3.06. The van der Waals surface area contributed by atoms with Gasteiger partial charge in [-0.25, -0.2) is 4.98 Å². The van der Waals surface area contributed by atoms with Crippen molar-refractivity contribution in [1.82, 2.24) is 4.98 Å². The third kappa shape index (κ3) is 4.59. The number of carbonyl (C=O) groups excluding carboxylic acids is 1. The molecule has 0 atom stereocenters. The fourth-order valence-electron chi connectivity index (χ4n) is 4.10. The molecule has 174 valence electrons.